The van der Waals surface area contributed by atoms with Crippen LogP contribution in [0.5, 0.6) is 0 Å². The van der Waals surface area contributed by atoms with Gasteiger partial charge in [0, 0.05) is 13.0 Å². The molecule has 0 heterocycles. The molecule has 0 aliphatic heterocycles. The molecule has 5 heteroatoms. The van der Waals surface area contributed by atoms with Crippen LogP contribution in [-0.4, -0.2) is 42.5 Å². The number of aliphatic carboxylic acids is 1. The van der Waals surface area contributed by atoms with Crippen LogP contribution >= 0.6 is 0 Å². The fraction of sp³-hybridized carbons (Fsp3) is 0.429. The van der Waals surface area contributed by atoms with E-state index in [0.29, 0.717) is 12.1 Å². The molecule has 0 aliphatic carbocycles. The van der Waals surface area contributed by atoms with E-state index in [1.165, 1.54) is 6.92 Å². The highest BCUT2D eigenvalue weighted by Crippen LogP contribution is 2.21. The van der Waals surface area contributed by atoms with Gasteiger partial charge in [0.1, 0.15) is 0 Å². The second-order valence-electron chi connectivity index (χ2n) is 4.90. The number of hydrogen-bond acceptors (Lipinski definition) is 3. The van der Waals surface area contributed by atoms with Gasteiger partial charge in [-0.3, -0.25) is 4.79 Å². The van der Waals surface area contributed by atoms with Crippen LogP contribution in [0.15, 0.2) is 30.3 Å². The van der Waals surface area contributed by atoms with Gasteiger partial charge in [0.2, 0.25) is 5.91 Å². The lowest BCUT2D eigenvalue weighted by atomic mass is 9.92. The lowest BCUT2D eigenvalue weighted by Crippen LogP contribution is -2.50. The minimum Gasteiger partial charge on any atom is -0.479 e. The molecule has 0 saturated heterocycles. The van der Waals surface area contributed by atoms with E-state index in [1.54, 1.807) is 30.3 Å². The van der Waals surface area contributed by atoms with Gasteiger partial charge in [-0.1, -0.05) is 30.3 Å². The largest absolute Gasteiger partial charge is 0.479 e. The Labute approximate surface area is 113 Å². The molecule has 0 spiro atoms. The van der Waals surface area contributed by atoms with Gasteiger partial charge in [0.15, 0.2) is 5.54 Å². The van der Waals surface area contributed by atoms with E-state index in [1.807, 2.05) is 19.0 Å². The van der Waals surface area contributed by atoms with Crippen LogP contribution in [0.1, 0.15) is 18.9 Å². The molecule has 1 aromatic carbocycles. The van der Waals surface area contributed by atoms with Crippen LogP contribution < -0.4 is 5.32 Å². The summed E-state index contributed by atoms with van der Waals surface area (Å²) in [7, 11) is 3.72. The SMILES string of the molecule is CN(C)CCC(=O)NC(C)(C(=O)O)c1ccccc1. The smallest absolute Gasteiger partial charge is 0.333 e. The van der Waals surface area contributed by atoms with Crippen molar-refractivity contribution in [1.82, 2.24) is 10.2 Å². The van der Waals surface area contributed by atoms with Crippen molar-refractivity contribution in [3.8, 4) is 0 Å². The molecule has 1 unspecified atom stereocenters. The first kappa shape index (κ1) is 15.2. The molecule has 1 aromatic rings. The highest BCUT2D eigenvalue weighted by atomic mass is 16.4. The van der Waals surface area contributed by atoms with Crippen molar-refractivity contribution < 1.29 is 14.7 Å². The molecule has 0 aliphatic rings. The summed E-state index contributed by atoms with van der Waals surface area (Å²) in [4.78, 5) is 25.2. The molecule has 0 saturated carbocycles. The average Bonchev–Trinajstić information content (AvgIpc) is 2.37. The number of carboxylic acid groups (broad SMARTS) is 1. The number of carbonyl (C=O) groups excluding carboxylic acids is 1. The van der Waals surface area contributed by atoms with E-state index in [-0.39, 0.29) is 12.3 Å². The van der Waals surface area contributed by atoms with E-state index in [2.05, 4.69) is 5.32 Å². The fourth-order valence-corrected chi connectivity index (χ4v) is 1.69. The summed E-state index contributed by atoms with van der Waals surface area (Å²) in [6.07, 6.45) is 0.267. The summed E-state index contributed by atoms with van der Waals surface area (Å²) in [5.74, 6) is -1.35. The normalized spacial score (nSPS) is 13.9. The Hall–Kier alpha value is -1.88. The van der Waals surface area contributed by atoms with E-state index >= 15 is 0 Å². The van der Waals surface area contributed by atoms with Crippen molar-refractivity contribution in [2.75, 3.05) is 20.6 Å². The molecule has 1 atom stereocenters. The third-order valence-corrected chi connectivity index (χ3v) is 2.95. The molecule has 19 heavy (non-hydrogen) atoms. The molecule has 5 nitrogen and oxygen atoms in total. The number of carboxylic acids is 1. The Kier molecular flexibility index (Phi) is 5.06. The van der Waals surface area contributed by atoms with Gasteiger partial charge < -0.3 is 15.3 Å². The molecule has 0 bridgehead atoms. The maximum Gasteiger partial charge on any atom is 0.333 e. The third kappa shape index (κ3) is 4.06. The molecular formula is C14H20N2O3. The van der Waals surface area contributed by atoms with E-state index in [0.717, 1.165) is 0 Å². The fourth-order valence-electron chi connectivity index (χ4n) is 1.69. The highest BCUT2D eigenvalue weighted by Gasteiger charge is 2.36. The predicted molar refractivity (Wildman–Crippen MR) is 72.7 cm³/mol. The second kappa shape index (κ2) is 6.33. The average molecular weight is 264 g/mol. The number of carbonyl (C=O) groups is 2. The monoisotopic (exact) mass is 264 g/mol. The van der Waals surface area contributed by atoms with Crippen LogP contribution in [0.2, 0.25) is 0 Å². The van der Waals surface area contributed by atoms with Crippen LogP contribution in [0.25, 0.3) is 0 Å². The molecule has 0 radical (unpaired) electrons. The van der Waals surface area contributed by atoms with Gasteiger partial charge >= 0.3 is 5.97 Å². The summed E-state index contributed by atoms with van der Waals surface area (Å²) >= 11 is 0. The zero-order chi connectivity index (χ0) is 14.5. The number of benzene rings is 1. The summed E-state index contributed by atoms with van der Waals surface area (Å²) in [5.41, 5.74) is -0.842. The van der Waals surface area contributed by atoms with E-state index in [9.17, 15) is 14.7 Å². The lowest BCUT2D eigenvalue weighted by Gasteiger charge is -2.27. The van der Waals surface area contributed by atoms with Gasteiger partial charge in [-0.2, -0.15) is 0 Å². The van der Waals surface area contributed by atoms with Gasteiger partial charge in [0.25, 0.3) is 0 Å². The molecular weight excluding hydrogens is 244 g/mol. The number of rotatable bonds is 6. The van der Waals surface area contributed by atoms with Gasteiger partial charge in [0.05, 0.1) is 0 Å². The van der Waals surface area contributed by atoms with Crippen molar-refractivity contribution in [3.05, 3.63) is 35.9 Å². The Balaban J connectivity index is 2.84. The summed E-state index contributed by atoms with van der Waals surface area (Å²) < 4.78 is 0. The van der Waals surface area contributed by atoms with Crippen molar-refractivity contribution in [2.24, 2.45) is 0 Å². The summed E-state index contributed by atoms with van der Waals surface area (Å²) in [5, 5.41) is 12.0. The first-order valence-electron chi connectivity index (χ1n) is 6.11. The number of nitrogens with one attached hydrogen (secondary N) is 1. The number of hydrogen-bond donors (Lipinski definition) is 2. The standard InChI is InChI=1S/C14H20N2O3/c1-14(13(18)19,11-7-5-4-6-8-11)15-12(17)9-10-16(2)3/h4-8H,9-10H2,1-3H3,(H,15,17)(H,18,19). The van der Waals surface area contributed by atoms with Crippen LogP contribution in [0.4, 0.5) is 0 Å². The zero-order valence-corrected chi connectivity index (χ0v) is 11.5. The molecule has 1 rings (SSSR count). The van der Waals surface area contributed by atoms with Crippen LogP contribution in [0.3, 0.4) is 0 Å². The van der Waals surface area contributed by atoms with Crippen molar-refractivity contribution >= 4 is 11.9 Å². The molecule has 1 amide bonds. The second-order valence-corrected chi connectivity index (χ2v) is 4.90. The van der Waals surface area contributed by atoms with Crippen molar-refractivity contribution in [1.29, 1.82) is 0 Å². The maximum absolute atomic E-state index is 11.8. The van der Waals surface area contributed by atoms with E-state index < -0.39 is 11.5 Å². The minimum absolute atomic E-state index is 0.267. The van der Waals surface area contributed by atoms with Crippen LogP contribution in [0, 0.1) is 0 Å². The first-order chi connectivity index (χ1) is 8.86. The van der Waals surface area contributed by atoms with Crippen LogP contribution in [-0.2, 0) is 15.1 Å². The molecule has 0 aromatic heterocycles. The van der Waals surface area contributed by atoms with Crippen molar-refractivity contribution in [2.45, 2.75) is 18.9 Å². The Morgan fingerprint density at radius 3 is 2.32 bits per heavy atom. The zero-order valence-electron chi connectivity index (χ0n) is 11.5. The van der Waals surface area contributed by atoms with Gasteiger partial charge in [-0.15, -0.1) is 0 Å². The number of nitrogens with zero attached hydrogens (tertiary/aromatic N) is 1. The van der Waals surface area contributed by atoms with Gasteiger partial charge in [-0.05, 0) is 26.6 Å². The number of amides is 1. The van der Waals surface area contributed by atoms with E-state index in [4.69, 9.17) is 0 Å². The maximum atomic E-state index is 11.8. The van der Waals surface area contributed by atoms with Crippen molar-refractivity contribution in [3.63, 3.8) is 0 Å². The Bertz CT molecular complexity index is 445. The highest BCUT2D eigenvalue weighted by molar-refractivity contribution is 5.87. The lowest BCUT2D eigenvalue weighted by molar-refractivity contribution is -0.147. The molecule has 0 fully saturated rings. The Morgan fingerprint density at radius 2 is 1.84 bits per heavy atom. The predicted octanol–water partition coefficient (Wildman–Crippen LogP) is 1.05. The third-order valence-electron chi connectivity index (χ3n) is 2.95. The molecule has 104 valence electrons. The first-order valence-corrected chi connectivity index (χ1v) is 6.11. The topological polar surface area (TPSA) is 69.6 Å². The Morgan fingerprint density at radius 1 is 1.26 bits per heavy atom. The quantitative estimate of drug-likeness (QED) is 0.806. The summed E-state index contributed by atoms with van der Waals surface area (Å²) in [6, 6.07) is 8.70. The van der Waals surface area contributed by atoms with Gasteiger partial charge in [-0.25, -0.2) is 4.79 Å². The minimum atomic E-state index is -1.40. The summed E-state index contributed by atoms with van der Waals surface area (Å²) in [6.45, 7) is 2.08. The molecule has 2 N–H and O–H groups in total.